The second-order valence-corrected chi connectivity index (χ2v) is 4.10. The van der Waals surface area contributed by atoms with Crippen LogP contribution in [-0.2, 0) is 0 Å². The molecule has 15 heavy (non-hydrogen) atoms. The molecule has 0 bridgehead atoms. The number of aliphatic hydroxyl groups is 1. The van der Waals surface area contributed by atoms with Crippen LogP contribution in [0.5, 0.6) is 5.75 Å². The summed E-state index contributed by atoms with van der Waals surface area (Å²) in [5, 5.41) is 9.65. The Labute approximate surface area is 88.7 Å². The first-order valence-corrected chi connectivity index (χ1v) is 4.75. The standard InChI is InChI=1S/C11H16FNO2/c1-7(11(2,3)14)15-10-6-8(12)4-5-9(10)13/h4-7,14H,13H2,1-3H3/t7-/m1/s1. The van der Waals surface area contributed by atoms with Crippen LogP contribution in [0.2, 0.25) is 0 Å². The number of hydrogen-bond acceptors (Lipinski definition) is 3. The highest BCUT2D eigenvalue weighted by Gasteiger charge is 2.24. The van der Waals surface area contributed by atoms with Gasteiger partial charge >= 0.3 is 0 Å². The van der Waals surface area contributed by atoms with E-state index < -0.39 is 17.5 Å². The van der Waals surface area contributed by atoms with Gasteiger partial charge in [-0.2, -0.15) is 0 Å². The van der Waals surface area contributed by atoms with Crippen LogP contribution in [0.4, 0.5) is 10.1 Å². The van der Waals surface area contributed by atoms with E-state index in [1.165, 1.54) is 18.2 Å². The number of nitrogens with two attached hydrogens (primary N) is 1. The molecule has 3 nitrogen and oxygen atoms in total. The molecule has 4 heteroatoms. The van der Waals surface area contributed by atoms with E-state index in [1.807, 2.05) is 0 Å². The summed E-state index contributed by atoms with van der Waals surface area (Å²) in [5.41, 5.74) is 4.96. The SMILES string of the molecule is C[C@@H](Oc1cc(F)ccc1N)C(C)(C)O. The van der Waals surface area contributed by atoms with Crippen LogP contribution in [-0.4, -0.2) is 16.8 Å². The molecule has 0 heterocycles. The van der Waals surface area contributed by atoms with E-state index in [4.69, 9.17) is 10.5 Å². The molecule has 1 atom stereocenters. The Morgan fingerprint density at radius 3 is 2.60 bits per heavy atom. The van der Waals surface area contributed by atoms with Crippen LogP contribution in [0.25, 0.3) is 0 Å². The van der Waals surface area contributed by atoms with Gasteiger partial charge in [-0.1, -0.05) is 0 Å². The van der Waals surface area contributed by atoms with Gasteiger partial charge in [-0.3, -0.25) is 0 Å². The first kappa shape index (κ1) is 11.8. The maximum Gasteiger partial charge on any atom is 0.145 e. The van der Waals surface area contributed by atoms with Gasteiger partial charge in [0.1, 0.15) is 17.7 Å². The minimum atomic E-state index is -1.00. The van der Waals surface area contributed by atoms with Gasteiger partial charge in [0.15, 0.2) is 0 Å². The first-order valence-electron chi connectivity index (χ1n) is 4.75. The van der Waals surface area contributed by atoms with E-state index in [9.17, 15) is 9.50 Å². The van der Waals surface area contributed by atoms with Crippen molar-refractivity contribution in [2.24, 2.45) is 0 Å². The van der Waals surface area contributed by atoms with Crippen LogP contribution in [0, 0.1) is 5.82 Å². The predicted octanol–water partition coefficient (Wildman–Crippen LogP) is 1.95. The molecule has 3 N–H and O–H groups in total. The number of ether oxygens (including phenoxy) is 1. The molecular weight excluding hydrogens is 197 g/mol. The minimum absolute atomic E-state index is 0.254. The van der Waals surface area contributed by atoms with E-state index in [2.05, 4.69) is 0 Å². The highest BCUT2D eigenvalue weighted by Crippen LogP contribution is 2.25. The third-order valence-corrected chi connectivity index (χ3v) is 2.27. The zero-order valence-corrected chi connectivity index (χ0v) is 9.12. The highest BCUT2D eigenvalue weighted by molar-refractivity contribution is 5.52. The Kier molecular flexibility index (Phi) is 3.19. The number of anilines is 1. The number of halogens is 1. The molecule has 1 rings (SSSR count). The average Bonchev–Trinajstić information content (AvgIpc) is 2.09. The third kappa shape index (κ3) is 3.09. The molecular formula is C11H16FNO2. The van der Waals surface area contributed by atoms with Gasteiger partial charge in [0, 0.05) is 6.07 Å². The van der Waals surface area contributed by atoms with Crippen molar-refractivity contribution in [2.45, 2.75) is 32.5 Å². The molecule has 0 fully saturated rings. The summed E-state index contributed by atoms with van der Waals surface area (Å²) < 4.78 is 18.3. The van der Waals surface area contributed by atoms with Crippen LogP contribution >= 0.6 is 0 Å². The topological polar surface area (TPSA) is 55.5 Å². The van der Waals surface area contributed by atoms with Crippen molar-refractivity contribution < 1.29 is 14.2 Å². The monoisotopic (exact) mass is 213 g/mol. The maximum absolute atomic E-state index is 12.9. The molecule has 84 valence electrons. The number of hydrogen-bond donors (Lipinski definition) is 2. The molecule has 0 aliphatic carbocycles. The van der Waals surface area contributed by atoms with Crippen molar-refractivity contribution in [3.8, 4) is 5.75 Å². The second kappa shape index (κ2) is 4.06. The normalized spacial score (nSPS) is 13.7. The van der Waals surface area contributed by atoms with Crippen molar-refractivity contribution in [3.05, 3.63) is 24.0 Å². The summed E-state index contributed by atoms with van der Waals surface area (Å²) in [6.07, 6.45) is -0.471. The van der Waals surface area contributed by atoms with Crippen molar-refractivity contribution in [1.82, 2.24) is 0 Å². The molecule has 0 unspecified atom stereocenters. The van der Waals surface area contributed by atoms with Crippen molar-refractivity contribution in [2.75, 3.05) is 5.73 Å². The van der Waals surface area contributed by atoms with Gasteiger partial charge < -0.3 is 15.6 Å². The van der Waals surface area contributed by atoms with E-state index in [0.717, 1.165) is 0 Å². The van der Waals surface area contributed by atoms with Crippen LogP contribution in [0.1, 0.15) is 20.8 Å². The van der Waals surface area contributed by atoms with Gasteiger partial charge in [0.25, 0.3) is 0 Å². The Morgan fingerprint density at radius 1 is 1.47 bits per heavy atom. The lowest BCUT2D eigenvalue weighted by atomic mass is 10.0. The Morgan fingerprint density at radius 2 is 2.07 bits per heavy atom. The predicted molar refractivity (Wildman–Crippen MR) is 57.2 cm³/mol. The molecule has 0 aliphatic rings. The Hall–Kier alpha value is -1.29. The largest absolute Gasteiger partial charge is 0.485 e. The fraction of sp³-hybridized carbons (Fsp3) is 0.455. The molecule has 0 aromatic heterocycles. The van der Waals surface area contributed by atoms with Gasteiger partial charge in [0.05, 0.1) is 11.3 Å². The lowest BCUT2D eigenvalue weighted by molar-refractivity contribution is -0.0239. The van der Waals surface area contributed by atoms with Crippen LogP contribution in [0.15, 0.2) is 18.2 Å². The van der Waals surface area contributed by atoms with E-state index in [1.54, 1.807) is 20.8 Å². The summed E-state index contributed by atoms with van der Waals surface area (Å²) in [6.45, 7) is 4.94. The van der Waals surface area contributed by atoms with Crippen molar-refractivity contribution in [1.29, 1.82) is 0 Å². The molecule has 0 radical (unpaired) electrons. The van der Waals surface area contributed by atoms with E-state index in [-0.39, 0.29) is 5.75 Å². The summed E-state index contributed by atoms with van der Waals surface area (Å²) in [7, 11) is 0. The van der Waals surface area contributed by atoms with Gasteiger partial charge in [0.2, 0.25) is 0 Å². The fourth-order valence-corrected chi connectivity index (χ4v) is 0.945. The van der Waals surface area contributed by atoms with E-state index in [0.29, 0.717) is 5.69 Å². The van der Waals surface area contributed by atoms with Crippen LogP contribution < -0.4 is 10.5 Å². The lowest BCUT2D eigenvalue weighted by Crippen LogP contribution is -2.38. The molecule has 0 spiro atoms. The minimum Gasteiger partial charge on any atom is -0.485 e. The number of benzene rings is 1. The van der Waals surface area contributed by atoms with Crippen molar-refractivity contribution >= 4 is 5.69 Å². The zero-order valence-electron chi connectivity index (χ0n) is 9.12. The van der Waals surface area contributed by atoms with Gasteiger partial charge in [-0.15, -0.1) is 0 Å². The fourth-order valence-electron chi connectivity index (χ4n) is 0.945. The molecule has 1 aromatic rings. The molecule has 0 saturated carbocycles. The molecule has 0 aliphatic heterocycles. The average molecular weight is 213 g/mol. The Bertz CT molecular complexity index is 347. The van der Waals surface area contributed by atoms with Crippen molar-refractivity contribution in [3.63, 3.8) is 0 Å². The quantitative estimate of drug-likeness (QED) is 0.754. The number of nitrogen functional groups attached to an aromatic ring is 1. The lowest BCUT2D eigenvalue weighted by Gasteiger charge is -2.27. The van der Waals surface area contributed by atoms with Gasteiger partial charge in [-0.05, 0) is 32.9 Å². The summed E-state index contributed by atoms with van der Waals surface area (Å²) in [5.74, 6) is -0.160. The summed E-state index contributed by atoms with van der Waals surface area (Å²) >= 11 is 0. The summed E-state index contributed by atoms with van der Waals surface area (Å²) in [4.78, 5) is 0. The highest BCUT2D eigenvalue weighted by atomic mass is 19.1. The summed E-state index contributed by atoms with van der Waals surface area (Å²) in [6, 6.07) is 3.90. The molecule has 1 aromatic carbocycles. The smallest absolute Gasteiger partial charge is 0.145 e. The molecule has 0 amide bonds. The Balaban J connectivity index is 2.85. The zero-order chi connectivity index (χ0) is 11.6. The van der Waals surface area contributed by atoms with Crippen LogP contribution in [0.3, 0.4) is 0 Å². The van der Waals surface area contributed by atoms with E-state index >= 15 is 0 Å². The third-order valence-electron chi connectivity index (χ3n) is 2.27. The molecule has 0 saturated heterocycles. The second-order valence-electron chi connectivity index (χ2n) is 4.10. The first-order chi connectivity index (χ1) is 6.80. The van der Waals surface area contributed by atoms with Gasteiger partial charge in [-0.25, -0.2) is 4.39 Å². The maximum atomic E-state index is 12.9. The number of rotatable bonds is 3.